The molecule has 16 nitrogen and oxygen atoms in total. The average Bonchev–Trinajstić information content (AvgIpc) is 3.54. The number of anilines is 1. The molecule has 0 aliphatic carbocycles. The van der Waals surface area contributed by atoms with Crippen molar-refractivity contribution in [3.63, 3.8) is 0 Å². The lowest BCUT2D eigenvalue weighted by atomic mass is 10.2. The SMILES string of the molecule is CCOP(=O)(COC(COn1cnc2c(OC)nc(N(C(=O)OC(C)(C)C)C(=O)OC(C)(C)C)nc21)CO[Si](c1ccccc1)(c1ccccc1)C(C)(C)C)OCC. The molecule has 1 unspecified atom stereocenters. The highest BCUT2D eigenvalue weighted by atomic mass is 31.2. The second-order valence-corrected chi connectivity index (χ2v) is 22.5. The van der Waals surface area contributed by atoms with Crippen LogP contribution >= 0.6 is 7.60 Å². The molecular formula is C40H58N5O11PSi. The quantitative estimate of drug-likeness (QED) is 0.0777. The van der Waals surface area contributed by atoms with E-state index in [1.165, 1.54) is 18.2 Å². The Kier molecular flexibility index (Phi) is 15.3. The number of amides is 2. The minimum absolute atomic E-state index is 0.00673. The largest absolute Gasteiger partial charge is 0.479 e. The predicted octanol–water partition coefficient (Wildman–Crippen LogP) is 7.13. The number of carbonyl (C=O) groups is 2. The number of hydrogen-bond donors (Lipinski definition) is 0. The number of benzene rings is 2. The van der Waals surface area contributed by atoms with Gasteiger partial charge in [0.15, 0.2) is 5.52 Å². The zero-order valence-electron chi connectivity index (χ0n) is 35.6. The molecule has 0 aliphatic heterocycles. The molecule has 0 spiro atoms. The van der Waals surface area contributed by atoms with Gasteiger partial charge in [-0.3, -0.25) is 4.57 Å². The number of nitrogens with zero attached hydrogens (tertiary/aromatic N) is 5. The van der Waals surface area contributed by atoms with Crippen LogP contribution in [-0.2, 0) is 32.2 Å². The molecule has 0 saturated carbocycles. The maximum absolute atomic E-state index is 13.6. The molecule has 1 atom stereocenters. The van der Waals surface area contributed by atoms with Gasteiger partial charge in [0.25, 0.3) is 8.32 Å². The van der Waals surface area contributed by atoms with Crippen molar-refractivity contribution in [2.45, 2.75) is 98.5 Å². The van der Waals surface area contributed by atoms with Crippen LogP contribution in [0.4, 0.5) is 15.5 Å². The minimum atomic E-state index is -3.66. The van der Waals surface area contributed by atoms with Crippen LogP contribution in [0.15, 0.2) is 67.0 Å². The second kappa shape index (κ2) is 19.1. The normalized spacial score (nSPS) is 13.2. The van der Waals surface area contributed by atoms with Crippen LogP contribution in [0.2, 0.25) is 5.04 Å². The Balaban J connectivity index is 1.77. The van der Waals surface area contributed by atoms with Crippen molar-refractivity contribution in [3.8, 4) is 5.88 Å². The molecule has 0 fully saturated rings. The molecule has 4 aromatic rings. The van der Waals surface area contributed by atoms with Gasteiger partial charge in [0.1, 0.15) is 36.6 Å². The first kappa shape index (κ1) is 46.3. The van der Waals surface area contributed by atoms with Crippen LogP contribution in [0, 0.1) is 0 Å². The number of rotatable bonds is 17. The lowest BCUT2D eigenvalue weighted by Gasteiger charge is -2.43. The number of ether oxygens (including phenoxy) is 4. The summed E-state index contributed by atoms with van der Waals surface area (Å²) in [5.41, 5.74) is -1.75. The fraction of sp³-hybridized carbons (Fsp3) is 0.525. The van der Waals surface area contributed by atoms with E-state index in [1.807, 2.05) is 36.4 Å². The highest BCUT2D eigenvalue weighted by molar-refractivity contribution is 7.53. The van der Waals surface area contributed by atoms with Crippen molar-refractivity contribution in [2.75, 3.05) is 44.8 Å². The predicted molar refractivity (Wildman–Crippen MR) is 222 cm³/mol. The lowest BCUT2D eigenvalue weighted by molar-refractivity contribution is -0.0313. The summed E-state index contributed by atoms with van der Waals surface area (Å²) in [7, 11) is -5.36. The highest BCUT2D eigenvalue weighted by Crippen LogP contribution is 2.48. The molecule has 58 heavy (non-hydrogen) atoms. The Labute approximate surface area is 342 Å². The van der Waals surface area contributed by atoms with E-state index < -0.39 is 51.4 Å². The molecule has 0 aliphatic rings. The molecular weight excluding hydrogens is 786 g/mol. The number of imidazole rings is 1. The van der Waals surface area contributed by atoms with Crippen LogP contribution in [-0.4, -0.2) is 97.4 Å². The van der Waals surface area contributed by atoms with Gasteiger partial charge in [-0.1, -0.05) is 81.4 Å². The summed E-state index contributed by atoms with van der Waals surface area (Å²) < 4.78 is 56.0. The van der Waals surface area contributed by atoms with Gasteiger partial charge < -0.3 is 37.3 Å². The zero-order chi connectivity index (χ0) is 42.9. The molecule has 2 amide bonds. The van der Waals surface area contributed by atoms with E-state index in [1.54, 1.807) is 55.4 Å². The Morgan fingerprint density at radius 3 is 1.76 bits per heavy atom. The summed E-state index contributed by atoms with van der Waals surface area (Å²) in [4.78, 5) is 47.1. The molecule has 18 heteroatoms. The molecule has 2 aromatic carbocycles. The van der Waals surface area contributed by atoms with E-state index in [2.05, 4.69) is 60.0 Å². The van der Waals surface area contributed by atoms with Crippen molar-refractivity contribution in [3.05, 3.63) is 67.0 Å². The number of hydrogen-bond acceptors (Lipinski definition) is 14. The Morgan fingerprint density at radius 1 is 0.793 bits per heavy atom. The van der Waals surface area contributed by atoms with Gasteiger partial charge in [-0.05, 0) is 70.8 Å². The van der Waals surface area contributed by atoms with E-state index >= 15 is 0 Å². The standard InChI is InChI=1S/C40H58N5O11PSi/c1-13-52-57(48,53-14-2)28-50-29(26-54-58(40(9,10)11,30-21-17-15-18-22-30)31-23-19-16-20-24-31)25-51-44-27-41-32-33(44)42-35(43-34(32)49-12)45(36(46)55-38(3,4)5)37(47)56-39(6,7)8/h15-24,27,29H,13-14,25-26,28H2,1-12H3. The third-order valence-corrected chi connectivity index (χ3v) is 15.1. The Hall–Kier alpha value is -4.38. The van der Waals surface area contributed by atoms with Gasteiger partial charge in [-0.2, -0.15) is 14.7 Å². The van der Waals surface area contributed by atoms with Crippen LogP contribution in [0.5, 0.6) is 5.88 Å². The monoisotopic (exact) mass is 843 g/mol. The summed E-state index contributed by atoms with van der Waals surface area (Å²) in [6.07, 6.45) is -2.04. The van der Waals surface area contributed by atoms with Gasteiger partial charge in [-0.25, -0.2) is 14.6 Å². The minimum Gasteiger partial charge on any atom is -0.479 e. The third kappa shape index (κ3) is 11.6. The molecule has 318 valence electrons. The number of fused-ring (bicyclic) bond motifs is 1. The Bertz CT molecular complexity index is 1940. The maximum atomic E-state index is 13.6. The molecule has 2 aromatic heterocycles. The average molecular weight is 844 g/mol. The number of carbonyl (C=O) groups excluding carboxylic acids is 2. The summed E-state index contributed by atoms with van der Waals surface area (Å²) in [5.74, 6) is -0.466. The van der Waals surface area contributed by atoms with Crippen LogP contribution in [0.3, 0.4) is 0 Å². The van der Waals surface area contributed by atoms with E-state index in [-0.39, 0.29) is 54.9 Å². The Morgan fingerprint density at radius 2 is 1.31 bits per heavy atom. The smallest absolute Gasteiger partial charge is 0.427 e. The molecule has 0 saturated heterocycles. The van der Waals surface area contributed by atoms with E-state index in [4.69, 9.17) is 37.3 Å². The summed E-state index contributed by atoms with van der Waals surface area (Å²) >= 11 is 0. The third-order valence-electron chi connectivity index (χ3n) is 8.29. The first-order chi connectivity index (χ1) is 27.2. The van der Waals surface area contributed by atoms with Gasteiger partial charge in [-0.15, -0.1) is 4.90 Å². The van der Waals surface area contributed by atoms with Gasteiger partial charge >= 0.3 is 19.8 Å². The van der Waals surface area contributed by atoms with Crippen LogP contribution < -0.4 is 24.8 Å². The summed E-state index contributed by atoms with van der Waals surface area (Å²) in [5, 5.41) is 1.75. The zero-order valence-corrected chi connectivity index (χ0v) is 37.5. The maximum Gasteiger partial charge on any atom is 0.427 e. The molecule has 0 radical (unpaired) electrons. The van der Waals surface area contributed by atoms with Crippen molar-refractivity contribution < 1.29 is 51.4 Å². The van der Waals surface area contributed by atoms with Crippen molar-refractivity contribution in [1.82, 2.24) is 19.7 Å². The second-order valence-electron chi connectivity index (χ2n) is 16.2. The van der Waals surface area contributed by atoms with Gasteiger partial charge in [0.05, 0.1) is 26.9 Å². The number of methoxy groups -OCH3 is 1. The first-order valence-corrected chi connectivity index (χ1v) is 22.7. The summed E-state index contributed by atoms with van der Waals surface area (Å²) in [6.45, 7) is 20.0. The fourth-order valence-electron chi connectivity index (χ4n) is 6.02. The fourth-order valence-corrected chi connectivity index (χ4v) is 12.0. The topological polar surface area (TPSA) is 172 Å². The first-order valence-electron chi connectivity index (χ1n) is 19.1. The lowest BCUT2D eigenvalue weighted by Crippen LogP contribution is -2.67. The van der Waals surface area contributed by atoms with E-state index in [0.717, 1.165) is 10.4 Å². The molecule has 2 heterocycles. The van der Waals surface area contributed by atoms with E-state index in [0.29, 0.717) is 4.90 Å². The van der Waals surface area contributed by atoms with Crippen LogP contribution in [0.1, 0.15) is 76.2 Å². The summed E-state index contributed by atoms with van der Waals surface area (Å²) in [6, 6.07) is 20.2. The van der Waals surface area contributed by atoms with Gasteiger partial charge in [0.2, 0.25) is 17.5 Å². The van der Waals surface area contributed by atoms with Gasteiger partial charge in [0, 0.05) is 0 Å². The van der Waals surface area contributed by atoms with Crippen LogP contribution in [0.25, 0.3) is 11.2 Å². The number of aromatic nitrogens is 4. The van der Waals surface area contributed by atoms with Crippen molar-refractivity contribution in [2.24, 2.45) is 0 Å². The molecule has 0 bridgehead atoms. The number of imide groups is 1. The van der Waals surface area contributed by atoms with Crippen molar-refractivity contribution >= 4 is 55.6 Å². The molecule has 4 rings (SSSR count). The molecule has 0 N–H and O–H groups in total. The van der Waals surface area contributed by atoms with Crippen molar-refractivity contribution in [1.29, 1.82) is 0 Å². The highest BCUT2D eigenvalue weighted by Gasteiger charge is 2.50. The van der Waals surface area contributed by atoms with E-state index in [9.17, 15) is 14.2 Å².